The molecule has 0 aromatic heterocycles. The van der Waals surface area contributed by atoms with Gasteiger partial charge in [-0.15, -0.1) is 0 Å². The molecule has 0 aliphatic rings. The number of hydrogen-bond donors (Lipinski definition) is 0. The summed E-state index contributed by atoms with van der Waals surface area (Å²) in [4.78, 5) is 23.0. The highest BCUT2D eigenvalue weighted by molar-refractivity contribution is 5.79. The van der Waals surface area contributed by atoms with Crippen LogP contribution >= 0.6 is 0 Å². The van der Waals surface area contributed by atoms with Crippen LogP contribution in [0.4, 0.5) is 0 Å². The molecule has 0 aromatic carbocycles. The SMILES string of the molecule is CCC(C)(C)OC(=O)COC(=O)C(C)(C)CC. The van der Waals surface area contributed by atoms with Crippen LogP contribution in [0.5, 0.6) is 0 Å². The van der Waals surface area contributed by atoms with Crippen LogP contribution in [0.25, 0.3) is 0 Å². The summed E-state index contributed by atoms with van der Waals surface area (Å²) < 4.78 is 10.1. The first-order valence-corrected chi connectivity index (χ1v) is 6.03. The smallest absolute Gasteiger partial charge is 0.344 e. The number of ether oxygens (including phenoxy) is 2. The molecule has 0 saturated heterocycles. The van der Waals surface area contributed by atoms with Crippen LogP contribution < -0.4 is 0 Å². The molecule has 0 saturated carbocycles. The largest absolute Gasteiger partial charge is 0.457 e. The maximum Gasteiger partial charge on any atom is 0.344 e. The van der Waals surface area contributed by atoms with Crippen molar-refractivity contribution in [2.75, 3.05) is 6.61 Å². The summed E-state index contributed by atoms with van der Waals surface area (Å²) >= 11 is 0. The lowest BCUT2D eigenvalue weighted by atomic mass is 9.91. The van der Waals surface area contributed by atoms with Crippen molar-refractivity contribution in [3.63, 3.8) is 0 Å². The second kappa shape index (κ2) is 6.03. The van der Waals surface area contributed by atoms with Gasteiger partial charge in [0.1, 0.15) is 5.60 Å². The minimum absolute atomic E-state index is 0.314. The number of carbonyl (C=O) groups is 2. The van der Waals surface area contributed by atoms with Crippen molar-refractivity contribution >= 4 is 11.9 Å². The fraction of sp³-hybridized carbons (Fsp3) is 0.846. The fourth-order valence-electron chi connectivity index (χ4n) is 0.874. The van der Waals surface area contributed by atoms with Crippen molar-refractivity contribution < 1.29 is 19.1 Å². The molecular weight excluding hydrogens is 220 g/mol. The Morgan fingerprint density at radius 1 is 1.00 bits per heavy atom. The van der Waals surface area contributed by atoms with Crippen molar-refractivity contribution in [2.24, 2.45) is 5.41 Å². The van der Waals surface area contributed by atoms with Gasteiger partial charge in [0.15, 0.2) is 6.61 Å². The molecule has 0 fully saturated rings. The van der Waals surface area contributed by atoms with E-state index < -0.39 is 17.0 Å². The van der Waals surface area contributed by atoms with E-state index in [4.69, 9.17) is 9.47 Å². The van der Waals surface area contributed by atoms with E-state index in [1.54, 1.807) is 13.8 Å². The molecule has 0 bridgehead atoms. The molecule has 0 aliphatic carbocycles. The molecule has 100 valence electrons. The zero-order valence-corrected chi connectivity index (χ0v) is 11.8. The summed E-state index contributed by atoms with van der Waals surface area (Å²) in [6, 6.07) is 0. The van der Waals surface area contributed by atoms with Gasteiger partial charge in [-0.25, -0.2) is 4.79 Å². The first-order valence-electron chi connectivity index (χ1n) is 6.03. The minimum Gasteiger partial charge on any atom is -0.457 e. The molecule has 0 aromatic rings. The van der Waals surface area contributed by atoms with Gasteiger partial charge in [-0.2, -0.15) is 0 Å². The van der Waals surface area contributed by atoms with E-state index in [-0.39, 0.29) is 12.6 Å². The maximum atomic E-state index is 11.6. The van der Waals surface area contributed by atoms with Gasteiger partial charge in [0.2, 0.25) is 0 Å². The molecule has 4 nitrogen and oxygen atoms in total. The van der Waals surface area contributed by atoms with E-state index in [1.165, 1.54) is 0 Å². The van der Waals surface area contributed by atoms with Crippen LogP contribution in [0.2, 0.25) is 0 Å². The summed E-state index contributed by atoms with van der Waals surface area (Å²) in [5, 5.41) is 0. The quantitative estimate of drug-likeness (QED) is 0.674. The van der Waals surface area contributed by atoms with E-state index >= 15 is 0 Å². The van der Waals surface area contributed by atoms with Gasteiger partial charge >= 0.3 is 11.9 Å². The lowest BCUT2D eigenvalue weighted by Gasteiger charge is -2.24. The van der Waals surface area contributed by atoms with Crippen LogP contribution in [-0.2, 0) is 19.1 Å². The van der Waals surface area contributed by atoms with Crippen molar-refractivity contribution in [3.8, 4) is 0 Å². The average Bonchev–Trinajstić information content (AvgIpc) is 2.25. The second-order valence-corrected chi connectivity index (χ2v) is 5.40. The molecule has 0 N–H and O–H groups in total. The van der Waals surface area contributed by atoms with E-state index in [0.29, 0.717) is 12.8 Å². The Hall–Kier alpha value is -1.06. The van der Waals surface area contributed by atoms with E-state index in [2.05, 4.69) is 0 Å². The van der Waals surface area contributed by atoms with Crippen LogP contribution in [0.1, 0.15) is 54.4 Å². The normalized spacial score (nSPS) is 12.1. The predicted octanol–water partition coefficient (Wildman–Crippen LogP) is 2.70. The first kappa shape index (κ1) is 15.9. The number of esters is 2. The van der Waals surface area contributed by atoms with Crippen LogP contribution in [0.3, 0.4) is 0 Å². The minimum atomic E-state index is -0.555. The number of carbonyl (C=O) groups excluding carboxylic acids is 2. The molecular formula is C13H24O4. The molecule has 0 atom stereocenters. The van der Waals surface area contributed by atoms with Gasteiger partial charge in [0.25, 0.3) is 0 Å². The molecule has 0 amide bonds. The summed E-state index contributed by atoms with van der Waals surface area (Å²) in [7, 11) is 0. The van der Waals surface area contributed by atoms with E-state index in [9.17, 15) is 9.59 Å². The Bertz CT molecular complexity index is 279. The Labute approximate surface area is 104 Å². The lowest BCUT2D eigenvalue weighted by molar-refractivity contribution is -0.171. The van der Waals surface area contributed by atoms with E-state index in [1.807, 2.05) is 27.7 Å². The molecule has 0 radical (unpaired) electrons. The van der Waals surface area contributed by atoms with Crippen molar-refractivity contribution in [3.05, 3.63) is 0 Å². The molecule has 0 unspecified atom stereocenters. The highest BCUT2D eigenvalue weighted by atomic mass is 16.6. The second-order valence-electron chi connectivity index (χ2n) is 5.40. The Balaban J connectivity index is 4.14. The third-order valence-electron chi connectivity index (χ3n) is 3.00. The predicted molar refractivity (Wildman–Crippen MR) is 65.5 cm³/mol. The van der Waals surface area contributed by atoms with Gasteiger partial charge in [0.05, 0.1) is 5.41 Å². The van der Waals surface area contributed by atoms with Gasteiger partial charge < -0.3 is 9.47 Å². The average molecular weight is 244 g/mol. The van der Waals surface area contributed by atoms with Crippen molar-refractivity contribution in [1.82, 2.24) is 0 Å². The van der Waals surface area contributed by atoms with Crippen LogP contribution in [0.15, 0.2) is 0 Å². The topological polar surface area (TPSA) is 52.6 Å². The molecule has 0 rings (SSSR count). The highest BCUT2D eigenvalue weighted by Crippen LogP contribution is 2.21. The zero-order chi connectivity index (χ0) is 13.7. The Morgan fingerprint density at radius 2 is 1.53 bits per heavy atom. The summed E-state index contributed by atoms with van der Waals surface area (Å²) in [5.74, 6) is -0.872. The van der Waals surface area contributed by atoms with Crippen LogP contribution in [0, 0.1) is 5.41 Å². The Kier molecular flexibility index (Phi) is 5.66. The fourth-order valence-corrected chi connectivity index (χ4v) is 0.874. The van der Waals surface area contributed by atoms with Gasteiger partial charge in [-0.1, -0.05) is 13.8 Å². The third-order valence-corrected chi connectivity index (χ3v) is 3.00. The summed E-state index contributed by atoms with van der Waals surface area (Å²) in [5.41, 5.74) is -1.07. The van der Waals surface area contributed by atoms with Gasteiger partial charge in [-0.05, 0) is 40.5 Å². The molecule has 0 spiro atoms. The monoisotopic (exact) mass is 244 g/mol. The number of hydrogen-bond acceptors (Lipinski definition) is 4. The summed E-state index contributed by atoms with van der Waals surface area (Å²) in [6.45, 7) is 10.7. The van der Waals surface area contributed by atoms with Crippen molar-refractivity contribution in [2.45, 2.75) is 60.0 Å². The molecule has 4 heteroatoms. The zero-order valence-electron chi connectivity index (χ0n) is 11.8. The van der Waals surface area contributed by atoms with Gasteiger partial charge in [-0.3, -0.25) is 4.79 Å². The van der Waals surface area contributed by atoms with E-state index in [0.717, 1.165) is 0 Å². The third kappa shape index (κ3) is 5.71. The van der Waals surface area contributed by atoms with Crippen molar-refractivity contribution in [1.29, 1.82) is 0 Å². The maximum absolute atomic E-state index is 11.6. The van der Waals surface area contributed by atoms with Gasteiger partial charge in [0, 0.05) is 0 Å². The highest BCUT2D eigenvalue weighted by Gasteiger charge is 2.28. The molecule has 0 heterocycles. The first-order chi connectivity index (χ1) is 7.64. The molecule has 0 aliphatic heterocycles. The van der Waals surface area contributed by atoms with Crippen LogP contribution in [-0.4, -0.2) is 24.1 Å². The number of rotatable bonds is 6. The standard InChI is InChI=1S/C13H24O4/c1-7-12(3,4)11(15)16-9-10(14)17-13(5,6)8-2/h7-9H2,1-6H3. The molecule has 17 heavy (non-hydrogen) atoms. The summed E-state index contributed by atoms with van der Waals surface area (Å²) in [6.07, 6.45) is 1.38. The lowest BCUT2D eigenvalue weighted by Crippen LogP contribution is -2.32. The Morgan fingerprint density at radius 3 is 1.94 bits per heavy atom.